The van der Waals surface area contributed by atoms with E-state index in [1.807, 2.05) is 20.0 Å². The summed E-state index contributed by atoms with van der Waals surface area (Å²) in [7, 11) is 1.85. The van der Waals surface area contributed by atoms with Crippen LogP contribution in [0.4, 0.5) is 0 Å². The molecule has 1 N–H and O–H groups in total. The van der Waals surface area contributed by atoms with Crippen molar-refractivity contribution in [3.63, 3.8) is 0 Å². The van der Waals surface area contributed by atoms with E-state index in [4.69, 9.17) is 0 Å². The van der Waals surface area contributed by atoms with Crippen LogP contribution in [-0.4, -0.2) is 40.2 Å². The van der Waals surface area contributed by atoms with Crippen LogP contribution in [-0.2, 0) is 0 Å². The highest BCUT2D eigenvalue weighted by molar-refractivity contribution is 5.95. The number of carbonyl (C=O) groups excluding carboxylic acids is 1. The minimum atomic E-state index is -0.257. The molecule has 1 saturated carbocycles. The topological polar surface area (TPSA) is 45.5 Å². The third kappa shape index (κ3) is 3.37. The Kier molecular flexibility index (Phi) is 5.32. The first-order valence-electron chi connectivity index (χ1n) is 8.44. The Hall–Kier alpha value is -1.29. The lowest BCUT2D eigenvalue weighted by Crippen LogP contribution is -2.38. The van der Waals surface area contributed by atoms with Crippen molar-refractivity contribution in [3.8, 4) is 0 Å². The van der Waals surface area contributed by atoms with Gasteiger partial charge in [0.15, 0.2) is 0 Å². The second-order valence-corrected chi connectivity index (χ2v) is 7.05. The molecule has 0 aromatic carbocycles. The molecule has 124 valence electrons. The number of rotatable bonds is 4. The number of hydrogen-bond donors (Lipinski definition) is 1. The van der Waals surface area contributed by atoms with E-state index in [9.17, 15) is 9.90 Å². The Bertz CT molecular complexity index is 533. The van der Waals surface area contributed by atoms with Gasteiger partial charge < -0.3 is 14.6 Å². The Balaban J connectivity index is 2.12. The highest BCUT2D eigenvalue weighted by Crippen LogP contribution is 2.26. The van der Waals surface area contributed by atoms with Crippen molar-refractivity contribution in [2.75, 3.05) is 13.6 Å². The van der Waals surface area contributed by atoms with E-state index in [1.54, 1.807) is 4.90 Å². The number of hydrogen-bond acceptors (Lipinski definition) is 2. The molecule has 2 unspecified atom stereocenters. The number of amides is 1. The molecular weight excluding hydrogens is 276 g/mol. The maximum Gasteiger partial charge on any atom is 0.255 e. The number of nitrogens with zero attached hydrogens (tertiary/aromatic N) is 2. The first-order valence-corrected chi connectivity index (χ1v) is 8.44. The van der Waals surface area contributed by atoms with Gasteiger partial charge in [0.1, 0.15) is 0 Å². The van der Waals surface area contributed by atoms with Gasteiger partial charge >= 0.3 is 0 Å². The number of aromatic nitrogens is 1. The molecule has 0 saturated heterocycles. The first-order chi connectivity index (χ1) is 10.3. The van der Waals surface area contributed by atoms with Crippen molar-refractivity contribution in [1.82, 2.24) is 9.47 Å². The fraction of sp³-hybridized carbons (Fsp3) is 0.722. The zero-order valence-corrected chi connectivity index (χ0v) is 14.6. The fourth-order valence-electron chi connectivity index (χ4n) is 3.83. The maximum absolute atomic E-state index is 12.8. The molecule has 0 radical (unpaired) electrons. The molecule has 22 heavy (non-hydrogen) atoms. The van der Waals surface area contributed by atoms with Crippen molar-refractivity contribution in [2.24, 2.45) is 5.92 Å². The quantitative estimate of drug-likeness (QED) is 0.927. The molecule has 0 spiro atoms. The van der Waals surface area contributed by atoms with E-state index in [2.05, 4.69) is 25.3 Å². The number of aliphatic hydroxyl groups is 1. The third-order valence-electron chi connectivity index (χ3n) is 4.96. The van der Waals surface area contributed by atoms with E-state index in [0.29, 0.717) is 12.6 Å². The highest BCUT2D eigenvalue weighted by Gasteiger charge is 2.27. The highest BCUT2D eigenvalue weighted by atomic mass is 16.3. The van der Waals surface area contributed by atoms with Crippen LogP contribution in [0.2, 0.25) is 0 Å². The number of aryl methyl sites for hydroxylation is 1. The molecule has 1 aromatic heterocycles. The van der Waals surface area contributed by atoms with Crippen LogP contribution >= 0.6 is 0 Å². The molecule has 1 amide bonds. The summed E-state index contributed by atoms with van der Waals surface area (Å²) in [6.07, 6.45) is 3.89. The van der Waals surface area contributed by atoms with Crippen molar-refractivity contribution < 1.29 is 9.90 Å². The van der Waals surface area contributed by atoms with Crippen LogP contribution in [0.5, 0.6) is 0 Å². The van der Waals surface area contributed by atoms with Gasteiger partial charge in [-0.25, -0.2) is 0 Å². The minimum Gasteiger partial charge on any atom is -0.393 e. The zero-order chi connectivity index (χ0) is 16.4. The van der Waals surface area contributed by atoms with Gasteiger partial charge in [0.05, 0.1) is 11.7 Å². The smallest absolute Gasteiger partial charge is 0.255 e. The van der Waals surface area contributed by atoms with E-state index < -0.39 is 0 Å². The van der Waals surface area contributed by atoms with Crippen LogP contribution in [0.15, 0.2) is 6.07 Å². The molecule has 1 fully saturated rings. The maximum atomic E-state index is 12.8. The SMILES string of the molecule is Cc1cc(C(=O)N(C)CC2CCCCC2O)c(C)n1C(C)C. The summed E-state index contributed by atoms with van der Waals surface area (Å²) in [5.41, 5.74) is 2.95. The average Bonchev–Trinajstić information content (AvgIpc) is 2.75. The lowest BCUT2D eigenvalue weighted by molar-refractivity contribution is 0.0451. The van der Waals surface area contributed by atoms with Crippen molar-refractivity contribution in [2.45, 2.75) is 65.5 Å². The molecule has 1 aliphatic carbocycles. The Morgan fingerprint density at radius 3 is 2.55 bits per heavy atom. The monoisotopic (exact) mass is 306 g/mol. The van der Waals surface area contributed by atoms with Gasteiger partial charge in [-0.3, -0.25) is 4.79 Å². The molecule has 2 atom stereocenters. The predicted octanol–water partition coefficient (Wildman–Crippen LogP) is 3.31. The summed E-state index contributed by atoms with van der Waals surface area (Å²) in [6, 6.07) is 2.35. The van der Waals surface area contributed by atoms with Crippen LogP contribution in [0.1, 0.15) is 67.3 Å². The summed E-state index contributed by atoms with van der Waals surface area (Å²) in [6.45, 7) is 8.98. The molecule has 1 aliphatic rings. The lowest BCUT2D eigenvalue weighted by atomic mass is 9.86. The third-order valence-corrected chi connectivity index (χ3v) is 4.96. The summed E-state index contributed by atoms with van der Waals surface area (Å²) >= 11 is 0. The first kappa shape index (κ1) is 17.1. The van der Waals surface area contributed by atoms with E-state index in [1.165, 1.54) is 0 Å². The van der Waals surface area contributed by atoms with Gasteiger partial charge in [-0.2, -0.15) is 0 Å². The van der Waals surface area contributed by atoms with E-state index in [-0.39, 0.29) is 17.9 Å². The lowest BCUT2D eigenvalue weighted by Gasteiger charge is -2.31. The van der Waals surface area contributed by atoms with Crippen LogP contribution in [0, 0.1) is 19.8 Å². The zero-order valence-electron chi connectivity index (χ0n) is 14.6. The fourth-order valence-corrected chi connectivity index (χ4v) is 3.83. The molecule has 1 heterocycles. The predicted molar refractivity (Wildman–Crippen MR) is 89.2 cm³/mol. The molecule has 1 aromatic rings. The van der Waals surface area contributed by atoms with Gasteiger partial charge in [-0.15, -0.1) is 0 Å². The van der Waals surface area contributed by atoms with Crippen LogP contribution in [0.3, 0.4) is 0 Å². The molecule has 4 heteroatoms. The van der Waals surface area contributed by atoms with Crippen LogP contribution < -0.4 is 0 Å². The Labute approximate surface area is 134 Å². The summed E-state index contributed by atoms with van der Waals surface area (Å²) in [4.78, 5) is 14.5. The normalized spacial score (nSPS) is 22.1. The molecule has 2 rings (SSSR count). The van der Waals surface area contributed by atoms with Crippen LogP contribution in [0.25, 0.3) is 0 Å². The standard InChI is InChI=1S/C18H30N2O2/c1-12(2)20-13(3)10-16(14(20)4)18(22)19(5)11-15-8-6-7-9-17(15)21/h10,12,15,17,21H,6-9,11H2,1-5H3. The second-order valence-electron chi connectivity index (χ2n) is 7.05. The van der Waals surface area contributed by atoms with Gasteiger partial charge in [0.2, 0.25) is 0 Å². The molecule has 4 nitrogen and oxygen atoms in total. The largest absolute Gasteiger partial charge is 0.393 e. The van der Waals surface area contributed by atoms with Gasteiger partial charge in [-0.05, 0) is 46.6 Å². The van der Waals surface area contributed by atoms with Crippen molar-refractivity contribution in [1.29, 1.82) is 0 Å². The second kappa shape index (κ2) is 6.86. The molecular formula is C18H30N2O2. The average molecular weight is 306 g/mol. The summed E-state index contributed by atoms with van der Waals surface area (Å²) in [5, 5.41) is 10.1. The molecule has 0 aliphatic heterocycles. The van der Waals surface area contributed by atoms with Gasteiger partial charge in [0.25, 0.3) is 5.91 Å². The summed E-state index contributed by atoms with van der Waals surface area (Å²) in [5.74, 6) is 0.286. The number of carbonyl (C=O) groups is 1. The van der Waals surface area contributed by atoms with Crippen molar-refractivity contribution >= 4 is 5.91 Å². The van der Waals surface area contributed by atoms with E-state index in [0.717, 1.165) is 42.6 Å². The van der Waals surface area contributed by atoms with Gasteiger partial charge in [0, 0.05) is 36.9 Å². The summed E-state index contributed by atoms with van der Waals surface area (Å²) < 4.78 is 2.20. The van der Waals surface area contributed by atoms with E-state index >= 15 is 0 Å². The van der Waals surface area contributed by atoms with Gasteiger partial charge in [-0.1, -0.05) is 12.8 Å². The Morgan fingerprint density at radius 2 is 2.00 bits per heavy atom. The molecule has 0 bridgehead atoms. The Morgan fingerprint density at radius 1 is 1.36 bits per heavy atom. The minimum absolute atomic E-state index is 0.0674. The number of aliphatic hydroxyl groups excluding tert-OH is 1. The van der Waals surface area contributed by atoms with Crippen molar-refractivity contribution in [3.05, 3.63) is 23.0 Å².